The van der Waals surface area contributed by atoms with Gasteiger partial charge in [0.25, 0.3) is 0 Å². The maximum atomic E-state index is 6.96. The third kappa shape index (κ3) is 5.18. The van der Waals surface area contributed by atoms with Gasteiger partial charge in [-0.2, -0.15) is 0 Å². The standard InChI is InChI=1S/C54H41N3O/c1-52(33-31-45-47(35-52)58-46-25-12-11-24-44(46)54(45)43-23-10-9-22-42(43)53(2)32-14-13-26-48(53)54)41-29-27-36(28-30-41)39-20-15-21-40(34-39)51-56-49(37-16-5-3-6-17-37)55-50(57-51)38-18-7-4-8-19-38/h3-34,48H,35H2,1-2H3. The zero-order valence-electron chi connectivity index (χ0n) is 32.5. The molecule has 0 radical (unpaired) electrons. The van der Waals surface area contributed by atoms with Gasteiger partial charge in [-0.15, -0.1) is 0 Å². The molecule has 4 atom stereocenters. The van der Waals surface area contributed by atoms with Gasteiger partial charge in [-0.1, -0.05) is 196 Å². The fraction of sp³-hybridized carbons (Fsp3) is 0.130. The summed E-state index contributed by atoms with van der Waals surface area (Å²) < 4.78 is 6.96. The van der Waals surface area contributed by atoms with Crippen molar-refractivity contribution in [1.29, 1.82) is 0 Å². The minimum Gasteiger partial charge on any atom is -0.461 e. The van der Waals surface area contributed by atoms with Gasteiger partial charge in [-0.25, -0.2) is 15.0 Å². The Morgan fingerprint density at radius 1 is 0.517 bits per heavy atom. The second kappa shape index (κ2) is 13.1. The first-order valence-electron chi connectivity index (χ1n) is 20.2. The van der Waals surface area contributed by atoms with Crippen LogP contribution in [0.5, 0.6) is 5.75 Å². The summed E-state index contributed by atoms with van der Waals surface area (Å²) in [5.41, 5.74) is 10.9. The summed E-state index contributed by atoms with van der Waals surface area (Å²) >= 11 is 0. The van der Waals surface area contributed by atoms with Crippen LogP contribution in [-0.4, -0.2) is 15.0 Å². The molecule has 58 heavy (non-hydrogen) atoms. The number of allylic oxidation sites excluding steroid dienone is 8. The molecule has 2 heterocycles. The predicted molar refractivity (Wildman–Crippen MR) is 233 cm³/mol. The number of ether oxygens (including phenoxy) is 1. The first-order valence-corrected chi connectivity index (χ1v) is 20.2. The predicted octanol–water partition coefficient (Wildman–Crippen LogP) is 12.4. The highest BCUT2D eigenvalue weighted by Crippen LogP contribution is 2.66. The van der Waals surface area contributed by atoms with Crippen LogP contribution in [0.3, 0.4) is 0 Å². The molecule has 1 spiro atoms. The first kappa shape index (κ1) is 34.3. The van der Waals surface area contributed by atoms with E-state index < -0.39 is 0 Å². The molecule has 11 rings (SSSR count). The van der Waals surface area contributed by atoms with Gasteiger partial charge in [0.15, 0.2) is 17.5 Å². The fourth-order valence-electron chi connectivity index (χ4n) is 10.1. The zero-order chi connectivity index (χ0) is 38.9. The molecule has 0 saturated heterocycles. The van der Waals surface area contributed by atoms with Crippen LogP contribution in [0.2, 0.25) is 0 Å². The largest absolute Gasteiger partial charge is 0.461 e. The molecule has 0 saturated carbocycles. The van der Waals surface area contributed by atoms with Crippen LogP contribution in [-0.2, 0) is 16.2 Å². The average molecular weight is 748 g/mol. The van der Waals surface area contributed by atoms with E-state index in [1.165, 1.54) is 27.8 Å². The molecule has 7 aromatic rings. The number of para-hydroxylation sites is 1. The van der Waals surface area contributed by atoms with Crippen LogP contribution in [0.15, 0.2) is 206 Å². The van der Waals surface area contributed by atoms with Crippen LogP contribution >= 0.6 is 0 Å². The van der Waals surface area contributed by atoms with Crippen molar-refractivity contribution < 1.29 is 4.74 Å². The minimum atomic E-state index is -0.355. The summed E-state index contributed by atoms with van der Waals surface area (Å²) in [4.78, 5) is 14.8. The van der Waals surface area contributed by atoms with E-state index in [1.54, 1.807) is 0 Å². The lowest BCUT2D eigenvalue weighted by Crippen LogP contribution is -2.44. The molecule has 4 unspecified atom stereocenters. The van der Waals surface area contributed by atoms with Crippen LogP contribution in [0, 0.1) is 5.92 Å². The van der Waals surface area contributed by atoms with Gasteiger partial charge in [0.05, 0.1) is 5.41 Å². The molecule has 1 aliphatic heterocycles. The van der Waals surface area contributed by atoms with E-state index in [1.807, 2.05) is 60.7 Å². The third-order valence-corrected chi connectivity index (χ3v) is 13.0. The van der Waals surface area contributed by atoms with Crippen LogP contribution in [0.25, 0.3) is 45.3 Å². The molecule has 1 aromatic heterocycles. The number of rotatable bonds is 5. The molecule has 0 N–H and O–H groups in total. The van der Waals surface area contributed by atoms with Gasteiger partial charge < -0.3 is 4.74 Å². The van der Waals surface area contributed by atoms with Crippen molar-refractivity contribution in [3.8, 4) is 51.0 Å². The average Bonchev–Trinajstić information content (AvgIpc) is 3.52. The number of hydrogen-bond donors (Lipinski definition) is 0. The van der Waals surface area contributed by atoms with E-state index in [0.717, 1.165) is 45.7 Å². The Labute approximate surface area is 339 Å². The summed E-state index contributed by atoms with van der Waals surface area (Å²) in [7, 11) is 0. The highest BCUT2D eigenvalue weighted by atomic mass is 16.5. The van der Waals surface area contributed by atoms with E-state index in [4.69, 9.17) is 19.7 Å². The van der Waals surface area contributed by atoms with Crippen molar-refractivity contribution in [3.05, 3.63) is 228 Å². The number of aromatic nitrogens is 3. The minimum absolute atomic E-state index is 0.131. The fourth-order valence-corrected chi connectivity index (χ4v) is 10.1. The van der Waals surface area contributed by atoms with Crippen LogP contribution < -0.4 is 4.74 Å². The van der Waals surface area contributed by atoms with Gasteiger partial charge in [-0.3, -0.25) is 0 Å². The topological polar surface area (TPSA) is 47.9 Å². The highest BCUT2D eigenvalue weighted by Gasteiger charge is 2.61. The van der Waals surface area contributed by atoms with Crippen molar-refractivity contribution in [2.75, 3.05) is 0 Å². The summed E-state index contributed by atoms with van der Waals surface area (Å²) in [5, 5.41) is 0. The van der Waals surface area contributed by atoms with Gasteiger partial charge in [0.2, 0.25) is 0 Å². The van der Waals surface area contributed by atoms with Crippen molar-refractivity contribution in [2.45, 2.75) is 36.5 Å². The smallest absolute Gasteiger partial charge is 0.164 e. The SMILES string of the molecule is CC1(c2ccc(-c3cccc(-c4nc(-c5ccccc5)nc(-c5ccccc5)n4)c3)cc2)C=CC2=C(C1)Oc1ccccc1C21c2ccccc2C2(C)C=CC=CC21. The summed E-state index contributed by atoms with van der Waals surface area (Å²) in [5.74, 6) is 4.19. The van der Waals surface area contributed by atoms with Gasteiger partial charge >= 0.3 is 0 Å². The molecule has 278 valence electrons. The molecule has 3 aliphatic carbocycles. The normalized spacial score (nSPS) is 23.5. The highest BCUT2D eigenvalue weighted by molar-refractivity contribution is 5.74. The Balaban J connectivity index is 0.941. The number of hydrogen-bond acceptors (Lipinski definition) is 4. The molecule has 0 fully saturated rings. The summed E-state index contributed by atoms with van der Waals surface area (Å²) in [6.45, 7) is 4.75. The Morgan fingerprint density at radius 2 is 1.10 bits per heavy atom. The molecule has 4 nitrogen and oxygen atoms in total. The molecule has 0 bridgehead atoms. The van der Waals surface area contributed by atoms with E-state index >= 15 is 0 Å². The Morgan fingerprint density at radius 3 is 1.81 bits per heavy atom. The molecule has 4 aliphatic rings. The van der Waals surface area contributed by atoms with Crippen molar-refractivity contribution in [1.82, 2.24) is 15.0 Å². The van der Waals surface area contributed by atoms with E-state index in [0.29, 0.717) is 17.5 Å². The summed E-state index contributed by atoms with van der Waals surface area (Å²) in [6, 6.07) is 55.6. The summed E-state index contributed by atoms with van der Waals surface area (Å²) in [6.07, 6.45) is 14.9. The molecular weight excluding hydrogens is 707 g/mol. The zero-order valence-corrected chi connectivity index (χ0v) is 32.5. The lowest BCUT2D eigenvalue weighted by atomic mass is 9.57. The van der Waals surface area contributed by atoms with E-state index in [2.05, 4.69) is 147 Å². The lowest BCUT2D eigenvalue weighted by Gasteiger charge is -2.48. The number of nitrogens with zero attached hydrogens (tertiary/aromatic N) is 3. The molecule has 4 heteroatoms. The molecule has 0 amide bonds. The van der Waals surface area contributed by atoms with Gasteiger partial charge in [-0.05, 0) is 39.9 Å². The number of fused-ring (bicyclic) bond motifs is 8. The quantitative estimate of drug-likeness (QED) is 0.176. The van der Waals surface area contributed by atoms with Crippen LogP contribution in [0.1, 0.15) is 42.5 Å². The maximum absolute atomic E-state index is 6.96. The Hall–Kier alpha value is -6.91. The lowest BCUT2D eigenvalue weighted by molar-refractivity contribution is 0.287. The second-order valence-electron chi connectivity index (χ2n) is 16.4. The van der Waals surface area contributed by atoms with Gasteiger partial charge in [0.1, 0.15) is 11.5 Å². The van der Waals surface area contributed by atoms with Crippen molar-refractivity contribution in [2.24, 2.45) is 5.92 Å². The van der Waals surface area contributed by atoms with E-state index in [-0.39, 0.29) is 22.2 Å². The second-order valence-corrected chi connectivity index (χ2v) is 16.4. The van der Waals surface area contributed by atoms with Gasteiger partial charge in [0, 0.05) is 51.0 Å². The van der Waals surface area contributed by atoms with E-state index in [9.17, 15) is 0 Å². The monoisotopic (exact) mass is 747 g/mol. The molecular formula is C54H41N3O. The third-order valence-electron chi connectivity index (χ3n) is 13.0. The Bertz CT molecular complexity index is 2820. The van der Waals surface area contributed by atoms with Crippen molar-refractivity contribution in [3.63, 3.8) is 0 Å². The molecule has 6 aromatic carbocycles. The maximum Gasteiger partial charge on any atom is 0.164 e. The number of benzene rings is 6. The van der Waals surface area contributed by atoms with Crippen LogP contribution in [0.4, 0.5) is 0 Å². The first-order chi connectivity index (χ1) is 28.4. The van der Waals surface area contributed by atoms with Crippen molar-refractivity contribution >= 4 is 0 Å². The Kier molecular flexibility index (Phi) is 7.74.